The quantitative estimate of drug-likeness (QED) is 0.176. The van der Waals surface area contributed by atoms with E-state index in [0.29, 0.717) is 0 Å². The van der Waals surface area contributed by atoms with E-state index in [1.807, 2.05) is 0 Å². The Balaban J connectivity index is 1.52. The second kappa shape index (κ2) is 9.64. The summed E-state index contributed by atoms with van der Waals surface area (Å²) in [5, 5.41) is 18.6. The molecule has 0 saturated carbocycles. The molecule has 11 aromatic rings. The van der Waals surface area contributed by atoms with Gasteiger partial charge in [-0.25, -0.2) is 0 Å². The Morgan fingerprint density at radius 3 is 1.31 bits per heavy atom. The summed E-state index contributed by atoms with van der Waals surface area (Å²) in [7, 11) is 0. The van der Waals surface area contributed by atoms with Crippen LogP contribution in [0.25, 0.3) is 109 Å². The molecule has 0 heteroatoms. The molecule has 0 spiro atoms. The second-order valence-corrected chi connectivity index (χ2v) is 13.1. The fourth-order valence-electron chi connectivity index (χ4n) is 8.81. The third kappa shape index (κ3) is 3.39. The van der Waals surface area contributed by atoms with Gasteiger partial charge in [-0.2, -0.15) is 0 Å². The molecule has 0 heterocycles. The van der Waals surface area contributed by atoms with E-state index in [2.05, 4.69) is 170 Å². The summed E-state index contributed by atoms with van der Waals surface area (Å²) in [6.45, 7) is 0. The van der Waals surface area contributed by atoms with Gasteiger partial charge in [0, 0.05) is 0 Å². The van der Waals surface area contributed by atoms with Crippen LogP contribution >= 0.6 is 0 Å². The molecule has 0 bridgehead atoms. The van der Waals surface area contributed by atoms with Gasteiger partial charge in [0.05, 0.1) is 0 Å². The van der Waals surface area contributed by atoms with Gasteiger partial charge in [0.1, 0.15) is 0 Å². The summed E-state index contributed by atoms with van der Waals surface area (Å²) in [6.07, 6.45) is 0. The van der Waals surface area contributed by atoms with Crippen molar-refractivity contribution in [3.63, 3.8) is 0 Å². The smallest absolute Gasteiger partial charge is 0.000719 e. The van der Waals surface area contributed by atoms with Crippen molar-refractivity contribution in [3.05, 3.63) is 170 Å². The molecule has 0 aliphatic carbocycles. The lowest BCUT2D eigenvalue weighted by Crippen LogP contribution is -1.91. The van der Waals surface area contributed by atoms with Crippen molar-refractivity contribution in [1.82, 2.24) is 0 Å². The van der Waals surface area contributed by atoms with Crippen LogP contribution < -0.4 is 0 Å². The van der Waals surface area contributed by atoms with Gasteiger partial charge in [0.25, 0.3) is 0 Å². The summed E-state index contributed by atoms with van der Waals surface area (Å²) in [5.41, 5.74) is 7.63. The zero-order valence-corrected chi connectivity index (χ0v) is 26.2. The van der Waals surface area contributed by atoms with Gasteiger partial charge in [-0.15, -0.1) is 0 Å². The Labute approximate surface area is 277 Å². The number of fused-ring (bicyclic) bond motifs is 8. The molecule has 0 aliphatic rings. The van der Waals surface area contributed by atoms with Gasteiger partial charge in [0.15, 0.2) is 0 Å². The zero-order valence-electron chi connectivity index (χ0n) is 26.2. The molecule has 0 atom stereocenters. The van der Waals surface area contributed by atoms with Crippen molar-refractivity contribution >= 4 is 75.4 Å². The highest BCUT2D eigenvalue weighted by atomic mass is 14.3. The third-order valence-electron chi connectivity index (χ3n) is 10.7. The van der Waals surface area contributed by atoms with Gasteiger partial charge in [-0.1, -0.05) is 152 Å². The van der Waals surface area contributed by atoms with Gasteiger partial charge in [0.2, 0.25) is 0 Å². The summed E-state index contributed by atoms with van der Waals surface area (Å²) in [4.78, 5) is 0. The summed E-state index contributed by atoms with van der Waals surface area (Å²) < 4.78 is 0. The highest BCUT2D eigenvalue weighted by Crippen LogP contribution is 2.54. The van der Waals surface area contributed by atoms with Crippen LogP contribution in [-0.2, 0) is 0 Å². The van der Waals surface area contributed by atoms with Crippen LogP contribution in [0.5, 0.6) is 0 Å². The molecular weight excluding hydrogens is 577 g/mol. The second-order valence-electron chi connectivity index (χ2n) is 13.1. The largest absolute Gasteiger partial charge is 0.0622 e. The SMILES string of the molecule is c1ccc(-c2cc3c4ccccc4c4cc5c(-c6ccccc6)c6c7cccc8cccc(c6c(-c6ccccc6)c5c(c2)c34)c87)cc1. The Kier molecular flexibility index (Phi) is 5.20. The van der Waals surface area contributed by atoms with Gasteiger partial charge < -0.3 is 0 Å². The van der Waals surface area contributed by atoms with Crippen molar-refractivity contribution in [3.8, 4) is 33.4 Å². The first kappa shape index (κ1) is 25.9. The first-order chi connectivity index (χ1) is 23.8. The monoisotopic (exact) mass is 604 g/mol. The van der Waals surface area contributed by atoms with E-state index >= 15 is 0 Å². The standard InChI is InChI=1S/C48H28/c1-4-14-29(15-5-1)33-26-38-34-22-10-11-23-35(34)39-28-41-43(31-16-6-2-7-17-31)47-36-24-12-20-30-21-13-25-37(42(30)36)48(47)44(32-18-8-3-9-19-32)46(41)40(27-33)45(38)39/h1-28H. The Morgan fingerprint density at radius 1 is 0.208 bits per heavy atom. The van der Waals surface area contributed by atoms with E-state index < -0.39 is 0 Å². The fraction of sp³-hybridized carbons (Fsp3) is 0. The lowest BCUT2D eigenvalue weighted by atomic mass is 9.83. The average Bonchev–Trinajstić information content (AvgIpc) is 3.66. The maximum atomic E-state index is 2.52. The summed E-state index contributed by atoms with van der Waals surface area (Å²) in [5.74, 6) is 0. The van der Waals surface area contributed by atoms with E-state index in [0.717, 1.165) is 0 Å². The van der Waals surface area contributed by atoms with Gasteiger partial charge >= 0.3 is 0 Å². The zero-order chi connectivity index (χ0) is 31.3. The van der Waals surface area contributed by atoms with E-state index in [9.17, 15) is 0 Å². The van der Waals surface area contributed by atoms with Crippen LogP contribution in [0, 0.1) is 0 Å². The van der Waals surface area contributed by atoms with Crippen molar-refractivity contribution < 1.29 is 0 Å². The molecule has 0 amide bonds. The van der Waals surface area contributed by atoms with E-state index in [1.54, 1.807) is 0 Å². The van der Waals surface area contributed by atoms with Crippen molar-refractivity contribution in [2.24, 2.45) is 0 Å². The summed E-state index contributed by atoms with van der Waals surface area (Å²) >= 11 is 0. The molecule has 0 radical (unpaired) electrons. The number of rotatable bonds is 3. The van der Waals surface area contributed by atoms with Crippen LogP contribution in [-0.4, -0.2) is 0 Å². The van der Waals surface area contributed by atoms with Crippen LogP contribution in [0.4, 0.5) is 0 Å². The van der Waals surface area contributed by atoms with Crippen LogP contribution in [0.3, 0.4) is 0 Å². The van der Waals surface area contributed by atoms with Crippen LogP contribution in [0.15, 0.2) is 170 Å². The number of hydrogen-bond acceptors (Lipinski definition) is 0. The van der Waals surface area contributed by atoms with Gasteiger partial charge in [-0.3, -0.25) is 0 Å². The average molecular weight is 605 g/mol. The first-order valence-corrected chi connectivity index (χ1v) is 16.8. The highest BCUT2D eigenvalue weighted by Gasteiger charge is 2.26. The summed E-state index contributed by atoms with van der Waals surface area (Å²) in [6, 6.07) is 63.1. The molecular formula is C48H28. The highest BCUT2D eigenvalue weighted by molar-refractivity contribution is 6.45. The lowest BCUT2D eigenvalue weighted by Gasteiger charge is -2.19. The van der Waals surface area contributed by atoms with Crippen molar-refractivity contribution in [2.45, 2.75) is 0 Å². The molecule has 0 aliphatic heterocycles. The molecule has 11 rings (SSSR count). The number of hydrogen-bond donors (Lipinski definition) is 0. The predicted octanol–water partition coefficient (Wildman–Crippen LogP) is 13.6. The minimum absolute atomic E-state index is 1.24. The normalized spacial score (nSPS) is 12.2. The molecule has 0 unspecified atom stereocenters. The molecule has 0 nitrogen and oxygen atoms in total. The van der Waals surface area contributed by atoms with Crippen LogP contribution in [0.1, 0.15) is 0 Å². The molecule has 220 valence electrons. The maximum absolute atomic E-state index is 2.52. The van der Waals surface area contributed by atoms with E-state index in [1.165, 1.54) is 109 Å². The minimum Gasteiger partial charge on any atom is -0.0622 e. The van der Waals surface area contributed by atoms with Gasteiger partial charge in [-0.05, 0) is 127 Å². The van der Waals surface area contributed by atoms with Crippen molar-refractivity contribution in [1.29, 1.82) is 0 Å². The van der Waals surface area contributed by atoms with E-state index in [4.69, 9.17) is 0 Å². The van der Waals surface area contributed by atoms with Crippen LogP contribution in [0.2, 0.25) is 0 Å². The number of benzene rings is 9. The lowest BCUT2D eigenvalue weighted by molar-refractivity contribution is 1.66. The molecule has 0 N–H and O–H groups in total. The van der Waals surface area contributed by atoms with Crippen molar-refractivity contribution in [2.75, 3.05) is 0 Å². The molecule has 0 aromatic heterocycles. The molecule has 0 fully saturated rings. The van der Waals surface area contributed by atoms with E-state index in [-0.39, 0.29) is 0 Å². The molecule has 48 heavy (non-hydrogen) atoms. The Bertz CT molecular complexity index is 3000. The fourth-order valence-corrected chi connectivity index (χ4v) is 8.81. The molecule has 0 saturated heterocycles. The maximum Gasteiger partial charge on any atom is -0.000719 e. The predicted molar refractivity (Wildman–Crippen MR) is 208 cm³/mol. The molecule has 11 aromatic carbocycles. The third-order valence-corrected chi connectivity index (χ3v) is 10.7. The topological polar surface area (TPSA) is 0 Å². The Morgan fingerprint density at radius 2 is 0.688 bits per heavy atom. The Hall–Kier alpha value is -6.24. The minimum atomic E-state index is 1.24. The first-order valence-electron chi connectivity index (χ1n) is 16.8.